The van der Waals surface area contributed by atoms with Crippen molar-refractivity contribution in [2.75, 3.05) is 12.9 Å². The highest BCUT2D eigenvalue weighted by molar-refractivity contribution is 7.85. The van der Waals surface area contributed by atoms with Crippen molar-refractivity contribution in [3.63, 3.8) is 0 Å². The smallest absolute Gasteiger partial charge is 0.106 e. The lowest BCUT2D eigenvalue weighted by Gasteiger charge is -2.11. The molecule has 0 spiro atoms. The summed E-state index contributed by atoms with van der Waals surface area (Å²) >= 11 is 0. The summed E-state index contributed by atoms with van der Waals surface area (Å²) in [7, 11) is 0.480. The molecular formula is C12H18N2O2S. The Balaban J connectivity index is 3.19. The molecule has 5 heteroatoms. The number of rotatable bonds is 5. The Labute approximate surface area is 105 Å². The second kappa shape index (κ2) is 6.49. The maximum Gasteiger partial charge on any atom is 0.106 e. The third-order valence-electron chi connectivity index (χ3n) is 2.26. The zero-order valence-electron chi connectivity index (χ0n) is 10.6. The molecule has 0 aliphatic heterocycles. The van der Waals surface area contributed by atoms with Crippen molar-refractivity contribution in [1.82, 2.24) is 4.98 Å². The van der Waals surface area contributed by atoms with E-state index < -0.39 is 10.8 Å². The molecule has 0 aromatic carbocycles. The van der Waals surface area contributed by atoms with E-state index >= 15 is 0 Å². The van der Waals surface area contributed by atoms with Crippen molar-refractivity contribution in [3.8, 4) is 0 Å². The molecule has 0 aliphatic rings. The van der Waals surface area contributed by atoms with Crippen LogP contribution >= 0.6 is 0 Å². The van der Waals surface area contributed by atoms with Crippen LogP contribution in [0.5, 0.6) is 0 Å². The lowest BCUT2D eigenvalue weighted by atomic mass is 10.1. The summed E-state index contributed by atoms with van der Waals surface area (Å²) in [6.45, 7) is 5.99. The van der Waals surface area contributed by atoms with Gasteiger partial charge < -0.3 is 4.84 Å². The van der Waals surface area contributed by atoms with Gasteiger partial charge in [0.25, 0.3) is 0 Å². The van der Waals surface area contributed by atoms with E-state index in [0.29, 0.717) is 5.75 Å². The first-order valence-corrected chi connectivity index (χ1v) is 6.86. The van der Waals surface area contributed by atoms with Crippen molar-refractivity contribution in [3.05, 3.63) is 23.5 Å². The van der Waals surface area contributed by atoms with Gasteiger partial charge >= 0.3 is 0 Å². The number of nitrogens with zero attached hydrogens (tertiary/aromatic N) is 2. The van der Waals surface area contributed by atoms with Crippen molar-refractivity contribution in [2.45, 2.75) is 31.6 Å². The first-order chi connectivity index (χ1) is 8.10. The second-order valence-corrected chi connectivity index (χ2v) is 5.57. The van der Waals surface area contributed by atoms with Crippen LogP contribution in [0, 0.1) is 0 Å². The minimum absolute atomic E-state index is 0.258. The number of aromatic nitrogens is 1. The standard InChI is InChI=1S/C12H18N2O2S/c1-5-17(15)11-6-10(8-14-16-4)7-13-12(11)9(2)3/h6-9H,5H2,1-4H3/b14-8+. The molecule has 0 N–H and O–H groups in total. The zero-order valence-corrected chi connectivity index (χ0v) is 11.5. The topological polar surface area (TPSA) is 51.5 Å². The number of pyridine rings is 1. The Bertz CT molecular complexity index is 431. The van der Waals surface area contributed by atoms with Gasteiger partial charge in [0, 0.05) is 17.5 Å². The SMILES string of the molecule is CCS(=O)c1cc(/C=N/OC)cnc1C(C)C. The van der Waals surface area contributed by atoms with Gasteiger partial charge in [0.1, 0.15) is 7.11 Å². The predicted molar refractivity (Wildman–Crippen MR) is 69.9 cm³/mol. The minimum atomic E-state index is -1.00. The molecule has 0 bridgehead atoms. The fourth-order valence-corrected chi connectivity index (χ4v) is 2.53. The van der Waals surface area contributed by atoms with Gasteiger partial charge in [-0.25, -0.2) is 0 Å². The molecule has 0 radical (unpaired) electrons. The molecule has 1 aromatic heterocycles. The first kappa shape index (κ1) is 13.8. The third kappa shape index (κ3) is 3.63. The molecule has 1 unspecified atom stereocenters. The Morgan fingerprint density at radius 3 is 2.82 bits per heavy atom. The first-order valence-electron chi connectivity index (χ1n) is 5.55. The summed E-state index contributed by atoms with van der Waals surface area (Å²) < 4.78 is 12.0. The van der Waals surface area contributed by atoms with Crippen LogP contribution in [0.2, 0.25) is 0 Å². The van der Waals surface area contributed by atoms with Crippen LogP contribution in [0.15, 0.2) is 22.3 Å². The van der Waals surface area contributed by atoms with E-state index in [2.05, 4.69) is 15.0 Å². The van der Waals surface area contributed by atoms with Crippen molar-refractivity contribution in [2.24, 2.45) is 5.16 Å². The molecule has 1 atom stereocenters. The van der Waals surface area contributed by atoms with Crippen LogP contribution in [0.25, 0.3) is 0 Å². The van der Waals surface area contributed by atoms with Crippen LogP contribution < -0.4 is 0 Å². The van der Waals surface area contributed by atoms with Crippen LogP contribution in [0.3, 0.4) is 0 Å². The highest BCUT2D eigenvalue weighted by Crippen LogP contribution is 2.21. The van der Waals surface area contributed by atoms with Crippen molar-refractivity contribution < 1.29 is 9.05 Å². The minimum Gasteiger partial charge on any atom is -0.399 e. The third-order valence-corrected chi connectivity index (χ3v) is 3.61. The highest BCUT2D eigenvalue weighted by atomic mass is 32.2. The molecule has 1 rings (SSSR count). The van der Waals surface area contributed by atoms with Gasteiger partial charge in [-0.15, -0.1) is 0 Å². The molecule has 0 amide bonds. The molecule has 94 valence electrons. The summed E-state index contributed by atoms with van der Waals surface area (Å²) in [4.78, 5) is 9.77. The molecule has 0 saturated heterocycles. The van der Waals surface area contributed by atoms with Gasteiger partial charge in [-0.2, -0.15) is 0 Å². The zero-order chi connectivity index (χ0) is 12.8. The molecule has 4 nitrogen and oxygen atoms in total. The van der Waals surface area contributed by atoms with E-state index in [-0.39, 0.29) is 5.92 Å². The Morgan fingerprint density at radius 1 is 1.59 bits per heavy atom. The summed E-state index contributed by atoms with van der Waals surface area (Å²) in [6, 6.07) is 1.87. The average molecular weight is 254 g/mol. The molecular weight excluding hydrogens is 236 g/mol. The van der Waals surface area contributed by atoms with Crippen LogP contribution in [0.1, 0.15) is 37.9 Å². The van der Waals surface area contributed by atoms with E-state index in [1.54, 1.807) is 12.4 Å². The van der Waals surface area contributed by atoms with E-state index in [0.717, 1.165) is 16.2 Å². The molecule has 17 heavy (non-hydrogen) atoms. The van der Waals surface area contributed by atoms with Gasteiger partial charge in [0.05, 0.1) is 27.6 Å². The number of hydrogen-bond donors (Lipinski definition) is 0. The Kier molecular flexibility index (Phi) is 5.28. The van der Waals surface area contributed by atoms with E-state index in [4.69, 9.17) is 0 Å². The average Bonchev–Trinajstić information content (AvgIpc) is 2.34. The van der Waals surface area contributed by atoms with E-state index in [1.165, 1.54) is 7.11 Å². The lowest BCUT2D eigenvalue weighted by molar-refractivity contribution is 0.215. The van der Waals surface area contributed by atoms with Gasteiger partial charge in [0.2, 0.25) is 0 Å². The molecule has 0 aliphatic carbocycles. The number of oxime groups is 1. The molecule has 0 fully saturated rings. The summed E-state index contributed by atoms with van der Waals surface area (Å²) in [6.07, 6.45) is 3.28. The quantitative estimate of drug-likeness (QED) is 0.598. The van der Waals surface area contributed by atoms with Crippen LogP contribution in [0.4, 0.5) is 0 Å². The Morgan fingerprint density at radius 2 is 2.29 bits per heavy atom. The molecule has 1 heterocycles. The van der Waals surface area contributed by atoms with E-state index in [1.807, 2.05) is 26.8 Å². The fourth-order valence-electron chi connectivity index (χ4n) is 1.43. The van der Waals surface area contributed by atoms with Crippen LogP contribution in [-0.2, 0) is 15.6 Å². The monoisotopic (exact) mass is 254 g/mol. The predicted octanol–water partition coefficient (Wildman–Crippen LogP) is 2.31. The molecule has 0 saturated carbocycles. The fraction of sp³-hybridized carbons (Fsp3) is 0.500. The van der Waals surface area contributed by atoms with Crippen LogP contribution in [-0.4, -0.2) is 28.3 Å². The molecule has 1 aromatic rings. The number of hydrogen-bond acceptors (Lipinski definition) is 4. The van der Waals surface area contributed by atoms with Gasteiger partial charge in [-0.1, -0.05) is 25.9 Å². The normalized spacial score (nSPS) is 13.2. The van der Waals surface area contributed by atoms with Gasteiger partial charge in [-0.05, 0) is 12.0 Å². The highest BCUT2D eigenvalue weighted by Gasteiger charge is 2.13. The second-order valence-electron chi connectivity index (χ2n) is 3.86. The summed E-state index contributed by atoms with van der Waals surface area (Å²) in [5.74, 6) is 0.848. The maximum atomic E-state index is 12.0. The summed E-state index contributed by atoms with van der Waals surface area (Å²) in [5.41, 5.74) is 1.69. The summed E-state index contributed by atoms with van der Waals surface area (Å²) in [5, 5.41) is 3.68. The van der Waals surface area contributed by atoms with Gasteiger partial charge in [0.15, 0.2) is 0 Å². The maximum absolute atomic E-state index is 12.0. The lowest BCUT2D eigenvalue weighted by Crippen LogP contribution is -2.05. The van der Waals surface area contributed by atoms with Gasteiger partial charge in [-0.3, -0.25) is 9.19 Å². The van der Waals surface area contributed by atoms with Crippen molar-refractivity contribution in [1.29, 1.82) is 0 Å². The van der Waals surface area contributed by atoms with Crippen molar-refractivity contribution >= 4 is 17.0 Å². The largest absolute Gasteiger partial charge is 0.399 e. The van der Waals surface area contributed by atoms with E-state index in [9.17, 15) is 4.21 Å². The Hall–Kier alpha value is -1.23.